The first-order chi connectivity index (χ1) is 11.9. The summed E-state index contributed by atoms with van der Waals surface area (Å²) in [5.74, 6) is -1.56. The third-order valence-electron chi connectivity index (χ3n) is 3.78. The van der Waals surface area contributed by atoms with Gasteiger partial charge in [0.25, 0.3) is 5.91 Å². The Labute approximate surface area is 144 Å². The molecule has 9 nitrogen and oxygen atoms in total. The molecule has 1 aromatic rings. The summed E-state index contributed by atoms with van der Waals surface area (Å²) >= 11 is 0. The number of halogens is 1. The molecule has 11 heteroatoms. The fraction of sp³-hybridized carbons (Fsp3) is 0.429. The number of hydrogen-bond donors (Lipinski definition) is 4. The summed E-state index contributed by atoms with van der Waals surface area (Å²) in [6.07, 6.45) is 1.37. The first kappa shape index (κ1) is 17.3. The van der Waals surface area contributed by atoms with Crippen LogP contribution in [0.1, 0.15) is 12.0 Å². The minimum absolute atomic E-state index is 0.398. The summed E-state index contributed by atoms with van der Waals surface area (Å²) in [7, 11) is -4.18. The van der Waals surface area contributed by atoms with Crippen molar-refractivity contribution in [3.63, 3.8) is 0 Å². The van der Waals surface area contributed by atoms with Gasteiger partial charge in [-0.3, -0.25) is 9.79 Å². The molecule has 2 aliphatic heterocycles. The molecule has 0 bridgehead atoms. The van der Waals surface area contributed by atoms with Gasteiger partial charge in [0.2, 0.25) is 0 Å². The van der Waals surface area contributed by atoms with Crippen molar-refractivity contribution in [1.29, 1.82) is 0 Å². The first-order valence-electron chi connectivity index (χ1n) is 7.74. The Hall–Kier alpha value is -2.56. The Morgan fingerprint density at radius 2 is 2.20 bits per heavy atom. The number of benzene rings is 1. The zero-order valence-corrected chi connectivity index (χ0v) is 14.1. The van der Waals surface area contributed by atoms with Crippen LogP contribution in [0.15, 0.2) is 17.1 Å². The van der Waals surface area contributed by atoms with E-state index in [9.17, 15) is 22.7 Å². The minimum atomic E-state index is -4.18. The average molecular weight is 371 g/mol. The number of carbonyl (C=O) groups excluding carboxylic acids is 1. The lowest BCUT2D eigenvalue weighted by Gasteiger charge is -2.18. The van der Waals surface area contributed by atoms with Gasteiger partial charge >= 0.3 is 10.2 Å². The van der Waals surface area contributed by atoms with Crippen molar-refractivity contribution in [2.24, 2.45) is 4.99 Å². The monoisotopic (exact) mass is 371 g/mol. The van der Waals surface area contributed by atoms with E-state index >= 15 is 0 Å². The highest BCUT2D eigenvalue weighted by molar-refractivity contribution is 7.92. The summed E-state index contributed by atoms with van der Waals surface area (Å²) in [6, 6.07) is 2.43. The number of hydrogen-bond acceptors (Lipinski definition) is 7. The molecule has 0 unspecified atom stereocenters. The topological polar surface area (TPSA) is 123 Å². The number of aliphatic imine (C=N–C) groups is 1. The molecular weight excluding hydrogens is 353 g/mol. The number of carbonyl (C=O) groups is 1. The number of phenolic OH excluding ortho intramolecular Hbond substituents is 1. The van der Waals surface area contributed by atoms with Gasteiger partial charge in [-0.1, -0.05) is 0 Å². The Morgan fingerprint density at radius 1 is 1.40 bits per heavy atom. The van der Waals surface area contributed by atoms with Gasteiger partial charge < -0.3 is 15.7 Å². The van der Waals surface area contributed by atoms with Crippen molar-refractivity contribution in [3.8, 4) is 5.75 Å². The van der Waals surface area contributed by atoms with E-state index < -0.39 is 39.9 Å². The van der Waals surface area contributed by atoms with E-state index in [1.807, 2.05) is 0 Å². The Balaban J connectivity index is 1.72. The van der Waals surface area contributed by atoms with Gasteiger partial charge in [0.15, 0.2) is 11.8 Å². The molecule has 136 valence electrons. The van der Waals surface area contributed by atoms with Crippen LogP contribution in [0.2, 0.25) is 0 Å². The van der Waals surface area contributed by atoms with Gasteiger partial charge in [-0.25, -0.2) is 13.4 Å². The van der Waals surface area contributed by atoms with Crippen LogP contribution >= 0.6 is 0 Å². The van der Waals surface area contributed by atoms with Gasteiger partial charge in [-0.05, 0) is 30.5 Å². The Bertz CT molecular complexity index is 804. The number of anilines is 1. The highest BCUT2D eigenvalue weighted by Crippen LogP contribution is 2.34. The van der Waals surface area contributed by atoms with E-state index in [-0.39, 0.29) is 0 Å². The third-order valence-corrected chi connectivity index (χ3v) is 5.15. The molecule has 1 fully saturated rings. The van der Waals surface area contributed by atoms with Gasteiger partial charge in [0, 0.05) is 19.6 Å². The largest absolute Gasteiger partial charge is 0.506 e. The highest BCUT2D eigenvalue weighted by Gasteiger charge is 2.37. The van der Waals surface area contributed by atoms with Crippen LogP contribution < -0.4 is 19.7 Å². The van der Waals surface area contributed by atoms with Gasteiger partial charge in [0.1, 0.15) is 18.0 Å². The molecule has 0 saturated carbocycles. The number of amides is 1. The van der Waals surface area contributed by atoms with Crippen molar-refractivity contribution in [2.45, 2.75) is 12.8 Å². The summed E-state index contributed by atoms with van der Waals surface area (Å²) in [5, 5.41) is 16.2. The predicted molar refractivity (Wildman–Crippen MR) is 89.1 cm³/mol. The van der Waals surface area contributed by atoms with Crippen LogP contribution in [-0.4, -0.2) is 51.6 Å². The van der Waals surface area contributed by atoms with Gasteiger partial charge in [-0.2, -0.15) is 8.42 Å². The summed E-state index contributed by atoms with van der Waals surface area (Å²) in [6.45, 7) is 1.48. The SMILES string of the molecule is O=C1CN(c2c(O)cc(CCNC3=NCCCN3)cc2F)S(=O)(=O)N1. The molecule has 0 radical (unpaired) electrons. The Kier molecular flexibility index (Phi) is 4.66. The van der Waals surface area contributed by atoms with E-state index in [2.05, 4.69) is 15.6 Å². The highest BCUT2D eigenvalue weighted by atomic mass is 32.2. The maximum absolute atomic E-state index is 14.4. The van der Waals surface area contributed by atoms with Crippen LogP contribution in [-0.2, 0) is 21.4 Å². The second-order valence-corrected chi connectivity index (χ2v) is 7.26. The summed E-state index contributed by atoms with van der Waals surface area (Å²) in [5.41, 5.74) is -0.0491. The van der Waals surface area contributed by atoms with Crippen LogP contribution in [0.3, 0.4) is 0 Å². The molecule has 1 amide bonds. The maximum Gasteiger partial charge on any atom is 0.326 e. The number of aromatic hydroxyl groups is 1. The zero-order valence-electron chi connectivity index (χ0n) is 13.2. The van der Waals surface area contributed by atoms with Crippen molar-refractivity contribution in [3.05, 3.63) is 23.5 Å². The molecule has 0 atom stereocenters. The van der Waals surface area contributed by atoms with Crippen LogP contribution in [0, 0.1) is 5.82 Å². The molecule has 1 saturated heterocycles. The fourth-order valence-corrected chi connectivity index (χ4v) is 3.82. The average Bonchev–Trinajstić information content (AvgIpc) is 2.80. The van der Waals surface area contributed by atoms with E-state index in [0.717, 1.165) is 25.6 Å². The van der Waals surface area contributed by atoms with Gasteiger partial charge in [-0.15, -0.1) is 0 Å². The molecule has 0 spiro atoms. The number of nitrogens with one attached hydrogen (secondary N) is 3. The molecule has 0 aliphatic carbocycles. The fourth-order valence-electron chi connectivity index (χ4n) is 2.65. The molecule has 1 aromatic carbocycles. The lowest BCUT2D eigenvalue weighted by atomic mass is 10.1. The number of phenols is 1. The van der Waals surface area contributed by atoms with Gasteiger partial charge in [0.05, 0.1) is 0 Å². The second kappa shape index (κ2) is 6.75. The van der Waals surface area contributed by atoms with Crippen molar-refractivity contribution in [2.75, 3.05) is 30.5 Å². The normalized spacial score (nSPS) is 19.2. The molecule has 2 heterocycles. The standard InChI is InChI=1S/C14H18FN5O4S/c15-10-6-9(2-5-18-14-16-3-1-4-17-14)7-11(21)13(10)20-8-12(22)19-25(20,23)24/h6-7,21H,1-5,8H2,(H,19,22)(H2,16,17,18). The smallest absolute Gasteiger partial charge is 0.326 e. The summed E-state index contributed by atoms with van der Waals surface area (Å²) < 4.78 is 40.2. The zero-order chi connectivity index (χ0) is 18.0. The molecule has 0 aromatic heterocycles. The minimum Gasteiger partial charge on any atom is -0.506 e. The quantitative estimate of drug-likeness (QED) is 0.549. The van der Waals surface area contributed by atoms with E-state index in [1.54, 1.807) is 4.72 Å². The van der Waals surface area contributed by atoms with E-state index in [1.165, 1.54) is 6.07 Å². The van der Waals surface area contributed by atoms with Crippen molar-refractivity contribution in [1.82, 2.24) is 15.4 Å². The first-order valence-corrected chi connectivity index (χ1v) is 9.18. The third kappa shape index (κ3) is 3.76. The maximum atomic E-state index is 14.4. The van der Waals surface area contributed by atoms with Crippen LogP contribution in [0.25, 0.3) is 0 Å². The lowest BCUT2D eigenvalue weighted by Crippen LogP contribution is -2.41. The number of rotatable bonds is 4. The van der Waals surface area contributed by atoms with Crippen molar-refractivity contribution >= 4 is 27.8 Å². The predicted octanol–water partition coefficient (Wildman–Crippen LogP) is -0.806. The molecule has 25 heavy (non-hydrogen) atoms. The van der Waals surface area contributed by atoms with E-state index in [4.69, 9.17) is 0 Å². The molecule has 3 rings (SSSR count). The molecule has 2 aliphatic rings. The van der Waals surface area contributed by atoms with E-state index in [0.29, 0.717) is 28.8 Å². The molecule has 4 N–H and O–H groups in total. The van der Waals surface area contributed by atoms with Crippen LogP contribution in [0.5, 0.6) is 5.75 Å². The number of nitrogens with zero attached hydrogens (tertiary/aromatic N) is 2. The second-order valence-electron chi connectivity index (χ2n) is 5.67. The van der Waals surface area contributed by atoms with Crippen molar-refractivity contribution < 1.29 is 22.7 Å². The number of guanidine groups is 1. The summed E-state index contributed by atoms with van der Waals surface area (Å²) in [4.78, 5) is 15.5. The lowest BCUT2D eigenvalue weighted by molar-refractivity contribution is -0.117. The van der Waals surface area contributed by atoms with Crippen LogP contribution in [0.4, 0.5) is 10.1 Å². The molecular formula is C14H18FN5O4S. The Morgan fingerprint density at radius 3 is 2.80 bits per heavy atom.